The Labute approximate surface area is 187 Å². The topological polar surface area (TPSA) is 81.3 Å². The molecule has 9 heteroatoms. The molecule has 0 bridgehead atoms. The molecule has 0 fully saturated rings. The number of carbonyl (C=O) groups excluding carboxylic acids is 1. The fraction of sp³-hybridized carbons (Fsp3) is 0.182. The number of rotatable bonds is 8. The zero-order chi connectivity index (χ0) is 21.8. The normalized spacial score (nSPS) is 11.1. The number of thioether (sulfide) groups is 1. The van der Waals surface area contributed by atoms with Crippen LogP contribution in [0.3, 0.4) is 0 Å². The highest BCUT2D eigenvalue weighted by molar-refractivity contribution is 7.99. The number of hydrogen-bond acceptors (Lipinski definition) is 5. The SMILES string of the molecule is C=CCn1c(=O)c2ccccc2n2c(SCC(=O)NCCc3ccc(Cl)cc3)nnc12. The second-order valence-electron chi connectivity index (χ2n) is 6.85. The van der Waals surface area contributed by atoms with Crippen molar-refractivity contribution in [3.8, 4) is 0 Å². The summed E-state index contributed by atoms with van der Waals surface area (Å²) in [5.74, 6) is 0.518. The van der Waals surface area contributed by atoms with Crippen LogP contribution < -0.4 is 10.9 Å². The lowest BCUT2D eigenvalue weighted by Gasteiger charge is -2.09. The number of carbonyl (C=O) groups is 1. The molecular weight excluding hydrogens is 434 g/mol. The van der Waals surface area contributed by atoms with E-state index in [9.17, 15) is 9.59 Å². The van der Waals surface area contributed by atoms with E-state index in [1.54, 1.807) is 12.1 Å². The van der Waals surface area contributed by atoms with Crippen molar-refractivity contribution >= 4 is 46.0 Å². The molecule has 0 saturated carbocycles. The van der Waals surface area contributed by atoms with Gasteiger partial charge in [0.2, 0.25) is 11.7 Å². The number of benzene rings is 2. The Balaban J connectivity index is 1.50. The smallest absolute Gasteiger partial charge is 0.263 e. The summed E-state index contributed by atoms with van der Waals surface area (Å²) in [4.78, 5) is 25.1. The van der Waals surface area contributed by atoms with E-state index in [0.29, 0.717) is 39.9 Å². The molecule has 4 rings (SSSR count). The van der Waals surface area contributed by atoms with Gasteiger partial charge in [-0.05, 0) is 36.2 Å². The van der Waals surface area contributed by atoms with Crippen LogP contribution in [0.5, 0.6) is 0 Å². The van der Waals surface area contributed by atoms with Crippen molar-refractivity contribution in [1.82, 2.24) is 24.5 Å². The molecule has 7 nitrogen and oxygen atoms in total. The second-order valence-corrected chi connectivity index (χ2v) is 8.23. The highest BCUT2D eigenvalue weighted by Crippen LogP contribution is 2.21. The largest absolute Gasteiger partial charge is 0.355 e. The summed E-state index contributed by atoms with van der Waals surface area (Å²) >= 11 is 7.17. The molecule has 0 spiro atoms. The molecule has 0 saturated heterocycles. The molecule has 1 N–H and O–H groups in total. The lowest BCUT2D eigenvalue weighted by Crippen LogP contribution is -2.27. The number of amides is 1. The average Bonchev–Trinajstić information content (AvgIpc) is 3.20. The zero-order valence-electron chi connectivity index (χ0n) is 16.6. The van der Waals surface area contributed by atoms with Crippen molar-refractivity contribution in [2.45, 2.75) is 18.1 Å². The predicted octanol–water partition coefficient (Wildman–Crippen LogP) is 3.33. The number of nitrogens with zero attached hydrogens (tertiary/aromatic N) is 4. The minimum absolute atomic E-state index is 0.0977. The predicted molar refractivity (Wildman–Crippen MR) is 124 cm³/mol. The molecule has 2 heterocycles. The van der Waals surface area contributed by atoms with E-state index in [1.807, 2.05) is 46.9 Å². The van der Waals surface area contributed by atoms with Gasteiger partial charge >= 0.3 is 0 Å². The van der Waals surface area contributed by atoms with Crippen molar-refractivity contribution in [2.75, 3.05) is 12.3 Å². The first-order valence-electron chi connectivity index (χ1n) is 9.70. The molecule has 2 aromatic carbocycles. The van der Waals surface area contributed by atoms with Crippen molar-refractivity contribution in [1.29, 1.82) is 0 Å². The van der Waals surface area contributed by atoms with Crippen LogP contribution in [0.1, 0.15) is 5.56 Å². The molecule has 158 valence electrons. The summed E-state index contributed by atoms with van der Waals surface area (Å²) < 4.78 is 3.34. The van der Waals surface area contributed by atoms with Gasteiger partial charge in [-0.25, -0.2) is 0 Å². The molecule has 0 aliphatic heterocycles. The van der Waals surface area contributed by atoms with Crippen molar-refractivity contribution in [3.63, 3.8) is 0 Å². The standard InChI is InChI=1S/C22H20ClN5O2S/c1-2-13-27-20(30)17-5-3-4-6-18(17)28-21(27)25-26-22(28)31-14-19(29)24-12-11-15-7-9-16(23)10-8-15/h2-10H,1,11-14H2,(H,24,29). The highest BCUT2D eigenvalue weighted by Gasteiger charge is 2.17. The van der Waals surface area contributed by atoms with Gasteiger partial charge in [0.15, 0.2) is 5.16 Å². The molecule has 0 aliphatic rings. The Hall–Kier alpha value is -3.10. The maximum atomic E-state index is 12.8. The molecule has 1 amide bonds. The summed E-state index contributed by atoms with van der Waals surface area (Å²) in [7, 11) is 0. The van der Waals surface area contributed by atoms with Gasteiger partial charge < -0.3 is 5.32 Å². The second kappa shape index (κ2) is 9.36. The number of aromatic nitrogens is 4. The third-order valence-electron chi connectivity index (χ3n) is 4.77. The Morgan fingerprint density at radius 2 is 1.94 bits per heavy atom. The summed E-state index contributed by atoms with van der Waals surface area (Å²) in [5.41, 5.74) is 1.66. The van der Waals surface area contributed by atoms with Crippen LogP contribution in [-0.4, -0.2) is 37.4 Å². The molecule has 2 aromatic heterocycles. The van der Waals surface area contributed by atoms with Crippen LogP contribution in [0.15, 0.2) is 71.1 Å². The summed E-state index contributed by atoms with van der Waals surface area (Å²) in [6, 6.07) is 14.9. The fourth-order valence-electron chi connectivity index (χ4n) is 3.30. The van der Waals surface area contributed by atoms with Crippen LogP contribution in [0.4, 0.5) is 0 Å². The number of fused-ring (bicyclic) bond motifs is 3. The monoisotopic (exact) mass is 453 g/mol. The Morgan fingerprint density at radius 1 is 1.16 bits per heavy atom. The van der Waals surface area contributed by atoms with Gasteiger partial charge in [-0.2, -0.15) is 0 Å². The van der Waals surface area contributed by atoms with E-state index >= 15 is 0 Å². The number of para-hydroxylation sites is 1. The molecule has 0 aliphatic carbocycles. The maximum Gasteiger partial charge on any atom is 0.263 e. The Bertz CT molecular complexity index is 1310. The number of halogens is 1. The van der Waals surface area contributed by atoms with Crippen LogP contribution >= 0.6 is 23.4 Å². The van der Waals surface area contributed by atoms with Crippen LogP contribution in [-0.2, 0) is 17.8 Å². The fourth-order valence-corrected chi connectivity index (χ4v) is 4.20. The van der Waals surface area contributed by atoms with Crippen molar-refractivity contribution in [2.24, 2.45) is 0 Å². The Morgan fingerprint density at radius 3 is 2.71 bits per heavy atom. The molecule has 31 heavy (non-hydrogen) atoms. The van der Waals surface area contributed by atoms with Crippen LogP contribution in [0.2, 0.25) is 5.02 Å². The average molecular weight is 454 g/mol. The van der Waals surface area contributed by atoms with E-state index in [1.165, 1.54) is 16.3 Å². The summed E-state index contributed by atoms with van der Waals surface area (Å²) in [5, 5.41) is 13.1. The molecule has 0 unspecified atom stereocenters. The quantitative estimate of drug-likeness (QED) is 0.327. The number of hydrogen-bond donors (Lipinski definition) is 1. The summed E-state index contributed by atoms with van der Waals surface area (Å²) in [6.45, 7) is 4.57. The minimum atomic E-state index is -0.146. The van der Waals surface area contributed by atoms with E-state index in [0.717, 1.165) is 12.0 Å². The van der Waals surface area contributed by atoms with Gasteiger partial charge in [-0.3, -0.25) is 18.6 Å². The van der Waals surface area contributed by atoms with Gasteiger partial charge in [0, 0.05) is 18.1 Å². The molecule has 4 aromatic rings. The summed E-state index contributed by atoms with van der Waals surface area (Å²) in [6.07, 6.45) is 2.37. The minimum Gasteiger partial charge on any atom is -0.355 e. The first kappa shape index (κ1) is 21.1. The van der Waals surface area contributed by atoms with Gasteiger partial charge in [0.25, 0.3) is 5.56 Å². The Kier molecular flexibility index (Phi) is 6.39. The van der Waals surface area contributed by atoms with Gasteiger partial charge in [0.1, 0.15) is 0 Å². The lowest BCUT2D eigenvalue weighted by atomic mass is 10.1. The maximum absolute atomic E-state index is 12.8. The third-order valence-corrected chi connectivity index (χ3v) is 5.95. The number of nitrogens with one attached hydrogen (secondary N) is 1. The molecule has 0 atom stereocenters. The zero-order valence-corrected chi connectivity index (χ0v) is 18.2. The van der Waals surface area contributed by atoms with Gasteiger partial charge in [-0.1, -0.05) is 53.7 Å². The van der Waals surface area contributed by atoms with Gasteiger partial charge in [0.05, 0.1) is 16.7 Å². The van der Waals surface area contributed by atoms with E-state index in [-0.39, 0.29) is 17.2 Å². The van der Waals surface area contributed by atoms with E-state index < -0.39 is 0 Å². The first-order valence-corrected chi connectivity index (χ1v) is 11.1. The van der Waals surface area contributed by atoms with Crippen molar-refractivity contribution in [3.05, 3.63) is 82.1 Å². The van der Waals surface area contributed by atoms with Crippen LogP contribution in [0.25, 0.3) is 16.7 Å². The lowest BCUT2D eigenvalue weighted by molar-refractivity contribution is -0.118. The molecular formula is C22H20ClN5O2S. The van der Waals surface area contributed by atoms with E-state index in [4.69, 9.17) is 11.6 Å². The molecule has 0 radical (unpaired) electrons. The number of allylic oxidation sites excluding steroid dienone is 1. The third kappa shape index (κ3) is 4.50. The first-order chi connectivity index (χ1) is 15.1. The van der Waals surface area contributed by atoms with Crippen molar-refractivity contribution < 1.29 is 4.79 Å². The van der Waals surface area contributed by atoms with Gasteiger partial charge in [-0.15, -0.1) is 16.8 Å². The van der Waals surface area contributed by atoms with E-state index in [2.05, 4.69) is 22.1 Å². The highest BCUT2D eigenvalue weighted by atomic mass is 35.5. The van der Waals surface area contributed by atoms with Crippen LogP contribution in [0, 0.1) is 0 Å².